The van der Waals surface area contributed by atoms with Crippen LogP contribution in [0.5, 0.6) is 0 Å². The van der Waals surface area contributed by atoms with Crippen molar-refractivity contribution in [1.82, 2.24) is 0 Å². The zero-order valence-electron chi connectivity index (χ0n) is 10.3. The van der Waals surface area contributed by atoms with E-state index in [2.05, 4.69) is 6.92 Å². The molecule has 1 aliphatic carbocycles. The van der Waals surface area contributed by atoms with E-state index < -0.39 is 10.8 Å². The molecule has 0 bridgehead atoms. The zero-order valence-corrected chi connectivity index (χ0v) is 11.1. The lowest BCUT2D eigenvalue weighted by Gasteiger charge is -2.16. The fraction of sp³-hybridized carbons (Fsp3) is 0.500. The maximum Gasteiger partial charge on any atom is 0.149 e. The van der Waals surface area contributed by atoms with Gasteiger partial charge in [-0.15, -0.1) is 0 Å². The molecule has 17 heavy (non-hydrogen) atoms. The van der Waals surface area contributed by atoms with Crippen LogP contribution in [-0.4, -0.2) is 15.2 Å². The third-order valence-electron chi connectivity index (χ3n) is 3.52. The number of ketones is 1. The number of hydrogen-bond donors (Lipinski definition) is 0. The van der Waals surface area contributed by atoms with Crippen molar-refractivity contribution >= 4 is 16.6 Å². The van der Waals surface area contributed by atoms with Gasteiger partial charge in [0.15, 0.2) is 0 Å². The van der Waals surface area contributed by atoms with Gasteiger partial charge >= 0.3 is 0 Å². The Hall–Kier alpha value is -0.960. The van der Waals surface area contributed by atoms with Gasteiger partial charge in [0.1, 0.15) is 11.0 Å². The highest BCUT2D eigenvalue weighted by Crippen LogP contribution is 2.32. The Morgan fingerprint density at radius 3 is 2.53 bits per heavy atom. The molecule has 0 spiro atoms. The molecule has 0 radical (unpaired) electrons. The van der Waals surface area contributed by atoms with Crippen molar-refractivity contribution in [3.05, 3.63) is 29.8 Å². The topological polar surface area (TPSA) is 34.1 Å². The standard InChI is InChI=1S/C14H18O2S/c1-3-11-6-9-13(15)14(11)17(16)12-7-4-10(2)5-8-12/h4-5,7-8,11,14H,3,6,9H2,1-2H3/t11-,14+,17?/m0/s1. The average Bonchev–Trinajstić information content (AvgIpc) is 2.70. The fourth-order valence-corrected chi connectivity index (χ4v) is 4.15. The van der Waals surface area contributed by atoms with Crippen molar-refractivity contribution in [2.24, 2.45) is 5.92 Å². The molecule has 0 saturated heterocycles. The minimum atomic E-state index is -1.18. The second-order valence-electron chi connectivity index (χ2n) is 4.70. The lowest BCUT2D eigenvalue weighted by Crippen LogP contribution is -2.26. The quantitative estimate of drug-likeness (QED) is 0.826. The first-order valence-corrected chi connectivity index (χ1v) is 7.34. The summed E-state index contributed by atoms with van der Waals surface area (Å²) in [4.78, 5) is 12.6. The van der Waals surface area contributed by atoms with Crippen LogP contribution in [0.1, 0.15) is 31.7 Å². The second kappa shape index (κ2) is 5.13. The predicted octanol–water partition coefficient (Wildman–Crippen LogP) is 2.86. The lowest BCUT2D eigenvalue weighted by molar-refractivity contribution is -0.117. The molecule has 1 aromatic carbocycles. The number of benzene rings is 1. The van der Waals surface area contributed by atoms with Gasteiger partial charge in [0.05, 0.1) is 10.8 Å². The maximum atomic E-state index is 12.4. The second-order valence-corrected chi connectivity index (χ2v) is 6.28. The smallest absolute Gasteiger partial charge is 0.149 e. The largest absolute Gasteiger partial charge is 0.298 e. The Kier molecular flexibility index (Phi) is 3.77. The number of aryl methyl sites for hydroxylation is 1. The summed E-state index contributed by atoms with van der Waals surface area (Å²) in [6, 6.07) is 7.66. The summed E-state index contributed by atoms with van der Waals surface area (Å²) in [6.45, 7) is 4.07. The minimum Gasteiger partial charge on any atom is -0.298 e. The molecule has 0 aliphatic heterocycles. The Morgan fingerprint density at radius 1 is 1.29 bits per heavy atom. The van der Waals surface area contributed by atoms with Crippen molar-refractivity contribution in [1.29, 1.82) is 0 Å². The molecule has 1 aliphatic rings. The van der Waals surface area contributed by atoms with Gasteiger partial charge in [-0.25, -0.2) is 0 Å². The van der Waals surface area contributed by atoms with Crippen molar-refractivity contribution in [3.63, 3.8) is 0 Å². The molecule has 0 heterocycles. The van der Waals surface area contributed by atoms with E-state index in [1.165, 1.54) is 0 Å². The number of carbonyl (C=O) groups excluding carboxylic acids is 1. The Bertz CT molecular complexity index is 436. The number of Topliss-reactive ketones (excluding diaryl/α,β-unsaturated/α-hetero) is 1. The highest BCUT2D eigenvalue weighted by Gasteiger charge is 2.38. The van der Waals surface area contributed by atoms with Crippen LogP contribution in [0.2, 0.25) is 0 Å². The molecule has 2 rings (SSSR count). The van der Waals surface area contributed by atoms with Crippen molar-refractivity contribution in [2.75, 3.05) is 0 Å². The van der Waals surface area contributed by atoms with Crippen molar-refractivity contribution in [2.45, 2.75) is 43.3 Å². The molecule has 1 saturated carbocycles. The van der Waals surface area contributed by atoms with Gasteiger partial charge in [-0.05, 0) is 31.4 Å². The Balaban J connectivity index is 2.24. The minimum absolute atomic E-state index is 0.177. The van der Waals surface area contributed by atoms with Crippen LogP contribution in [0.3, 0.4) is 0 Å². The Labute approximate surface area is 105 Å². The lowest BCUT2D eigenvalue weighted by atomic mass is 10.1. The molecule has 92 valence electrons. The van der Waals surface area contributed by atoms with E-state index in [1.807, 2.05) is 31.2 Å². The predicted molar refractivity (Wildman–Crippen MR) is 69.4 cm³/mol. The van der Waals surface area contributed by atoms with E-state index in [0.29, 0.717) is 12.3 Å². The molecule has 0 N–H and O–H groups in total. The SMILES string of the molecule is CC[C@H]1CCC(=O)[C@@H]1S(=O)c1ccc(C)cc1. The molecule has 3 heteroatoms. The third kappa shape index (κ3) is 2.49. The average molecular weight is 250 g/mol. The first-order valence-electron chi connectivity index (χ1n) is 6.13. The first kappa shape index (κ1) is 12.5. The van der Waals surface area contributed by atoms with Crippen LogP contribution >= 0.6 is 0 Å². The van der Waals surface area contributed by atoms with Crippen LogP contribution in [-0.2, 0) is 15.6 Å². The van der Waals surface area contributed by atoms with Gasteiger partial charge in [0.2, 0.25) is 0 Å². The van der Waals surface area contributed by atoms with Gasteiger partial charge in [-0.2, -0.15) is 0 Å². The first-order chi connectivity index (χ1) is 8.13. The van der Waals surface area contributed by atoms with Gasteiger partial charge in [0, 0.05) is 11.3 Å². The normalized spacial score (nSPS) is 26.1. The van der Waals surface area contributed by atoms with E-state index >= 15 is 0 Å². The van der Waals surface area contributed by atoms with Gasteiger partial charge in [0.25, 0.3) is 0 Å². The van der Waals surface area contributed by atoms with E-state index in [9.17, 15) is 9.00 Å². The van der Waals surface area contributed by atoms with E-state index in [-0.39, 0.29) is 11.0 Å². The monoisotopic (exact) mass is 250 g/mol. The zero-order chi connectivity index (χ0) is 12.4. The van der Waals surface area contributed by atoms with Gasteiger partial charge < -0.3 is 0 Å². The Morgan fingerprint density at radius 2 is 1.94 bits per heavy atom. The summed E-state index contributed by atoms with van der Waals surface area (Å²) >= 11 is 0. The van der Waals surface area contributed by atoms with E-state index in [1.54, 1.807) is 0 Å². The summed E-state index contributed by atoms with van der Waals surface area (Å²) in [7, 11) is -1.18. The summed E-state index contributed by atoms with van der Waals surface area (Å²) in [5.74, 6) is 0.473. The molecule has 3 atom stereocenters. The fourth-order valence-electron chi connectivity index (χ4n) is 2.42. The summed E-state index contributed by atoms with van der Waals surface area (Å²) in [5, 5.41) is -0.275. The maximum absolute atomic E-state index is 12.4. The molecule has 1 fully saturated rings. The van der Waals surface area contributed by atoms with E-state index in [4.69, 9.17) is 0 Å². The number of hydrogen-bond acceptors (Lipinski definition) is 2. The molecule has 1 unspecified atom stereocenters. The highest BCUT2D eigenvalue weighted by atomic mass is 32.2. The molecule has 0 aromatic heterocycles. The summed E-state index contributed by atoms with van der Waals surface area (Å²) in [5.41, 5.74) is 1.15. The molecular weight excluding hydrogens is 232 g/mol. The summed E-state index contributed by atoms with van der Waals surface area (Å²) < 4.78 is 12.4. The van der Waals surface area contributed by atoms with Gasteiger partial charge in [-0.3, -0.25) is 9.00 Å². The summed E-state index contributed by atoms with van der Waals surface area (Å²) in [6.07, 6.45) is 2.44. The van der Waals surface area contributed by atoms with E-state index in [0.717, 1.165) is 23.3 Å². The van der Waals surface area contributed by atoms with Gasteiger partial charge in [-0.1, -0.05) is 31.0 Å². The molecule has 1 aromatic rings. The molecular formula is C14H18O2S. The van der Waals surface area contributed by atoms with Crippen LogP contribution in [0.4, 0.5) is 0 Å². The van der Waals surface area contributed by atoms with Crippen LogP contribution in [0, 0.1) is 12.8 Å². The van der Waals surface area contributed by atoms with Crippen LogP contribution in [0.15, 0.2) is 29.2 Å². The highest BCUT2D eigenvalue weighted by molar-refractivity contribution is 7.86. The van der Waals surface area contributed by atoms with Crippen LogP contribution in [0.25, 0.3) is 0 Å². The number of carbonyl (C=O) groups is 1. The van der Waals surface area contributed by atoms with Crippen molar-refractivity contribution < 1.29 is 9.00 Å². The van der Waals surface area contributed by atoms with Crippen LogP contribution < -0.4 is 0 Å². The molecule has 2 nitrogen and oxygen atoms in total. The molecule has 0 amide bonds. The number of rotatable bonds is 3. The van der Waals surface area contributed by atoms with Crippen molar-refractivity contribution in [3.8, 4) is 0 Å². The third-order valence-corrected chi connectivity index (χ3v) is 5.36.